The molecule has 0 atom stereocenters. The van der Waals surface area contributed by atoms with Crippen LogP contribution in [0.3, 0.4) is 0 Å². The van der Waals surface area contributed by atoms with Gasteiger partial charge in [0.1, 0.15) is 6.54 Å². The Morgan fingerprint density at radius 1 is 1.39 bits per heavy atom. The van der Waals surface area contributed by atoms with E-state index in [1.807, 2.05) is 0 Å². The van der Waals surface area contributed by atoms with Crippen LogP contribution in [0, 0.1) is 6.92 Å². The Labute approximate surface area is 107 Å². The Morgan fingerprint density at radius 3 is 2.44 bits per heavy atom. The topological polar surface area (TPSA) is 74.7 Å². The number of nitrogens with zero attached hydrogens (tertiary/aromatic N) is 1. The third kappa shape index (κ3) is 3.30. The number of hydrogen-bond acceptors (Lipinski definition) is 3. The molecule has 0 aliphatic rings. The Hall–Kier alpha value is -1.40. The first-order valence-corrected chi connectivity index (χ1v) is 6.99. The summed E-state index contributed by atoms with van der Waals surface area (Å²) in [5.74, 6) is -1.17. The quantitative estimate of drug-likeness (QED) is 0.880. The fraction of sp³-hybridized carbons (Fsp3) is 0.417. The van der Waals surface area contributed by atoms with E-state index in [1.54, 1.807) is 32.9 Å². The molecule has 0 unspecified atom stereocenters. The number of benzene rings is 1. The maximum atomic E-state index is 12.3. The Balaban J connectivity index is 3.21. The van der Waals surface area contributed by atoms with Crippen molar-refractivity contribution in [2.45, 2.75) is 31.7 Å². The number of carboxylic acids is 1. The smallest absolute Gasteiger partial charge is 0.318 e. The summed E-state index contributed by atoms with van der Waals surface area (Å²) in [5.41, 5.74) is 0.815. The molecule has 1 rings (SSSR count). The van der Waals surface area contributed by atoms with E-state index in [0.717, 1.165) is 9.87 Å². The van der Waals surface area contributed by atoms with Gasteiger partial charge in [-0.2, -0.15) is 4.31 Å². The summed E-state index contributed by atoms with van der Waals surface area (Å²) in [6.07, 6.45) is 0. The molecule has 1 N–H and O–H groups in total. The highest BCUT2D eigenvalue weighted by Gasteiger charge is 2.28. The molecule has 18 heavy (non-hydrogen) atoms. The minimum atomic E-state index is -3.77. The lowest BCUT2D eigenvalue weighted by molar-refractivity contribution is -0.137. The van der Waals surface area contributed by atoms with Crippen LogP contribution in [0.1, 0.15) is 19.4 Å². The molecule has 0 aromatic heterocycles. The number of rotatable bonds is 5. The fourth-order valence-electron chi connectivity index (χ4n) is 1.59. The van der Waals surface area contributed by atoms with Crippen LogP contribution < -0.4 is 0 Å². The molecule has 0 saturated carbocycles. The van der Waals surface area contributed by atoms with Gasteiger partial charge < -0.3 is 5.11 Å². The maximum Gasteiger partial charge on any atom is 0.318 e. The van der Waals surface area contributed by atoms with Crippen LogP contribution in [0.15, 0.2) is 29.2 Å². The number of carbonyl (C=O) groups is 1. The molecule has 1 aromatic rings. The number of sulfonamides is 1. The minimum Gasteiger partial charge on any atom is -0.480 e. The predicted octanol–water partition coefficient (Wildman–Crippen LogP) is 1.48. The zero-order chi connectivity index (χ0) is 13.9. The van der Waals surface area contributed by atoms with Crippen molar-refractivity contribution in [2.75, 3.05) is 6.54 Å². The Bertz CT molecular complexity index is 537. The molecule has 1 aromatic carbocycles. The van der Waals surface area contributed by atoms with Crippen molar-refractivity contribution in [3.63, 3.8) is 0 Å². The summed E-state index contributed by atoms with van der Waals surface area (Å²) < 4.78 is 25.6. The van der Waals surface area contributed by atoms with Crippen LogP contribution in [-0.4, -0.2) is 36.4 Å². The predicted molar refractivity (Wildman–Crippen MR) is 67.8 cm³/mol. The summed E-state index contributed by atoms with van der Waals surface area (Å²) in [4.78, 5) is 10.9. The fourth-order valence-corrected chi connectivity index (χ4v) is 3.28. The lowest BCUT2D eigenvalue weighted by Gasteiger charge is -2.24. The average Bonchev–Trinajstić information content (AvgIpc) is 2.25. The second-order valence-corrected chi connectivity index (χ2v) is 6.24. The van der Waals surface area contributed by atoms with Crippen LogP contribution in [0.5, 0.6) is 0 Å². The summed E-state index contributed by atoms with van der Waals surface area (Å²) in [6.45, 7) is 4.55. The van der Waals surface area contributed by atoms with Crippen LogP contribution in [0.2, 0.25) is 0 Å². The molecular weight excluding hydrogens is 254 g/mol. The van der Waals surface area contributed by atoms with E-state index < -0.39 is 28.6 Å². The molecule has 0 saturated heterocycles. The SMILES string of the molecule is Cc1cccc(S(=O)(=O)N(CC(=O)O)C(C)C)c1. The summed E-state index contributed by atoms with van der Waals surface area (Å²) in [6, 6.07) is 6.02. The first-order valence-electron chi connectivity index (χ1n) is 5.55. The van der Waals surface area contributed by atoms with Gasteiger partial charge in [0, 0.05) is 6.04 Å². The van der Waals surface area contributed by atoms with Crippen LogP contribution in [0.25, 0.3) is 0 Å². The van der Waals surface area contributed by atoms with Gasteiger partial charge in [-0.1, -0.05) is 12.1 Å². The molecule has 5 nitrogen and oxygen atoms in total. The highest BCUT2D eigenvalue weighted by atomic mass is 32.2. The molecule has 0 amide bonds. The monoisotopic (exact) mass is 271 g/mol. The van der Waals surface area contributed by atoms with Gasteiger partial charge in [0.05, 0.1) is 4.90 Å². The van der Waals surface area contributed by atoms with Crippen LogP contribution >= 0.6 is 0 Å². The maximum absolute atomic E-state index is 12.3. The molecule has 0 aliphatic carbocycles. The van der Waals surface area contributed by atoms with Crippen LogP contribution in [-0.2, 0) is 14.8 Å². The van der Waals surface area contributed by atoms with E-state index in [0.29, 0.717) is 0 Å². The van der Waals surface area contributed by atoms with Gasteiger partial charge >= 0.3 is 5.97 Å². The largest absolute Gasteiger partial charge is 0.480 e. The molecule has 0 heterocycles. The third-order valence-electron chi connectivity index (χ3n) is 2.46. The van der Waals surface area contributed by atoms with Gasteiger partial charge in [0.2, 0.25) is 10.0 Å². The molecule has 0 radical (unpaired) electrons. The van der Waals surface area contributed by atoms with E-state index in [9.17, 15) is 13.2 Å². The van der Waals surface area contributed by atoms with Crippen molar-refractivity contribution >= 4 is 16.0 Å². The normalized spacial score (nSPS) is 12.1. The van der Waals surface area contributed by atoms with E-state index in [2.05, 4.69) is 0 Å². The van der Waals surface area contributed by atoms with Crippen molar-refractivity contribution in [3.8, 4) is 0 Å². The number of aryl methyl sites for hydroxylation is 1. The van der Waals surface area contributed by atoms with Gasteiger partial charge in [-0.3, -0.25) is 4.79 Å². The van der Waals surface area contributed by atoms with Gasteiger partial charge in [-0.15, -0.1) is 0 Å². The van der Waals surface area contributed by atoms with Crippen molar-refractivity contribution in [1.29, 1.82) is 0 Å². The van der Waals surface area contributed by atoms with Crippen LogP contribution in [0.4, 0.5) is 0 Å². The molecule has 0 bridgehead atoms. The van der Waals surface area contributed by atoms with Gasteiger partial charge in [0.15, 0.2) is 0 Å². The molecule has 0 aliphatic heterocycles. The summed E-state index contributed by atoms with van der Waals surface area (Å²) >= 11 is 0. The first kappa shape index (κ1) is 14.7. The molecule has 0 spiro atoms. The second kappa shape index (κ2) is 5.49. The third-order valence-corrected chi connectivity index (χ3v) is 4.48. The van der Waals surface area contributed by atoms with Gasteiger partial charge in [-0.05, 0) is 38.5 Å². The molecule has 6 heteroatoms. The number of carboxylic acid groups (broad SMARTS) is 1. The summed E-state index contributed by atoms with van der Waals surface area (Å²) in [7, 11) is -3.77. The Kier molecular flexibility index (Phi) is 4.48. The second-order valence-electron chi connectivity index (χ2n) is 4.35. The van der Waals surface area contributed by atoms with Crippen molar-refractivity contribution in [1.82, 2.24) is 4.31 Å². The standard InChI is InChI=1S/C12H17NO4S/c1-9(2)13(8-12(14)15)18(16,17)11-6-4-5-10(3)7-11/h4-7,9H,8H2,1-3H3,(H,14,15). The minimum absolute atomic E-state index is 0.123. The summed E-state index contributed by atoms with van der Waals surface area (Å²) in [5, 5.41) is 8.79. The van der Waals surface area contributed by atoms with E-state index >= 15 is 0 Å². The van der Waals surface area contributed by atoms with Gasteiger partial charge in [0.25, 0.3) is 0 Å². The highest BCUT2D eigenvalue weighted by molar-refractivity contribution is 7.89. The molecule has 0 fully saturated rings. The van der Waals surface area contributed by atoms with Crippen molar-refractivity contribution < 1.29 is 18.3 Å². The lowest BCUT2D eigenvalue weighted by atomic mass is 10.2. The zero-order valence-corrected chi connectivity index (χ0v) is 11.4. The lowest BCUT2D eigenvalue weighted by Crippen LogP contribution is -2.40. The first-order chi connectivity index (χ1) is 8.25. The molecular formula is C12H17NO4S. The Morgan fingerprint density at radius 2 is 2.00 bits per heavy atom. The zero-order valence-electron chi connectivity index (χ0n) is 10.6. The molecule has 100 valence electrons. The van der Waals surface area contributed by atoms with Gasteiger partial charge in [-0.25, -0.2) is 8.42 Å². The average molecular weight is 271 g/mol. The van der Waals surface area contributed by atoms with Crippen molar-refractivity contribution in [2.24, 2.45) is 0 Å². The highest BCUT2D eigenvalue weighted by Crippen LogP contribution is 2.18. The van der Waals surface area contributed by atoms with E-state index in [4.69, 9.17) is 5.11 Å². The van der Waals surface area contributed by atoms with E-state index in [1.165, 1.54) is 12.1 Å². The number of aliphatic carboxylic acids is 1. The van der Waals surface area contributed by atoms with Crippen molar-refractivity contribution in [3.05, 3.63) is 29.8 Å². The number of hydrogen-bond donors (Lipinski definition) is 1. The van der Waals surface area contributed by atoms with E-state index in [-0.39, 0.29) is 4.90 Å².